The van der Waals surface area contributed by atoms with E-state index in [-0.39, 0.29) is 11.9 Å². The van der Waals surface area contributed by atoms with Crippen LogP contribution in [0.5, 0.6) is 0 Å². The number of aliphatic hydroxyl groups excluding tert-OH is 1. The summed E-state index contributed by atoms with van der Waals surface area (Å²) in [4.78, 5) is 6.40. The highest BCUT2D eigenvalue weighted by molar-refractivity contribution is 6.08. The number of hydrogen-bond acceptors (Lipinski definition) is 5. The number of anilines is 1. The SMILES string of the molecule is NC(=NO)c1cnc2ccccc2c1N1CCC(O)C1. The van der Waals surface area contributed by atoms with Gasteiger partial charge in [-0.3, -0.25) is 4.98 Å². The third-order valence-electron chi connectivity index (χ3n) is 3.61. The summed E-state index contributed by atoms with van der Waals surface area (Å²) in [5.74, 6) is 0.0274. The average molecular weight is 272 g/mol. The van der Waals surface area contributed by atoms with E-state index in [1.807, 2.05) is 24.3 Å². The number of fused-ring (bicyclic) bond motifs is 1. The molecule has 1 unspecified atom stereocenters. The van der Waals surface area contributed by atoms with Gasteiger partial charge in [0.05, 0.1) is 22.9 Å². The van der Waals surface area contributed by atoms with Crippen molar-refractivity contribution in [2.45, 2.75) is 12.5 Å². The Morgan fingerprint density at radius 3 is 2.90 bits per heavy atom. The maximum Gasteiger partial charge on any atom is 0.173 e. The minimum absolute atomic E-state index is 0.0274. The van der Waals surface area contributed by atoms with Crippen molar-refractivity contribution < 1.29 is 10.3 Å². The van der Waals surface area contributed by atoms with Crippen LogP contribution in [0.15, 0.2) is 35.6 Å². The smallest absolute Gasteiger partial charge is 0.173 e. The second-order valence-electron chi connectivity index (χ2n) is 4.91. The lowest BCUT2D eigenvalue weighted by Gasteiger charge is -2.22. The number of hydrogen-bond donors (Lipinski definition) is 3. The van der Waals surface area contributed by atoms with Gasteiger partial charge >= 0.3 is 0 Å². The first-order chi connectivity index (χ1) is 9.70. The summed E-state index contributed by atoms with van der Waals surface area (Å²) in [6.45, 7) is 1.28. The molecule has 1 fully saturated rings. The van der Waals surface area contributed by atoms with Crippen LogP contribution in [0.2, 0.25) is 0 Å². The molecule has 4 N–H and O–H groups in total. The quantitative estimate of drug-likeness (QED) is 0.327. The molecule has 2 aromatic rings. The van der Waals surface area contributed by atoms with Crippen molar-refractivity contribution in [1.29, 1.82) is 0 Å². The molecule has 0 saturated carbocycles. The van der Waals surface area contributed by atoms with Crippen molar-refractivity contribution in [2.24, 2.45) is 10.9 Å². The summed E-state index contributed by atoms with van der Waals surface area (Å²) in [7, 11) is 0. The Labute approximate surface area is 116 Å². The summed E-state index contributed by atoms with van der Waals surface area (Å²) in [6, 6.07) is 7.72. The van der Waals surface area contributed by atoms with Crippen LogP contribution in [-0.4, -0.2) is 40.3 Å². The molecule has 3 rings (SSSR count). The summed E-state index contributed by atoms with van der Waals surface area (Å²) < 4.78 is 0. The zero-order chi connectivity index (χ0) is 14.1. The third kappa shape index (κ3) is 2.04. The number of aliphatic hydroxyl groups is 1. The van der Waals surface area contributed by atoms with E-state index < -0.39 is 0 Å². The van der Waals surface area contributed by atoms with Crippen molar-refractivity contribution in [3.63, 3.8) is 0 Å². The zero-order valence-electron chi connectivity index (χ0n) is 10.9. The molecular formula is C14H16N4O2. The van der Waals surface area contributed by atoms with Crippen molar-refractivity contribution in [1.82, 2.24) is 4.98 Å². The number of nitrogens with zero attached hydrogens (tertiary/aromatic N) is 3. The topological polar surface area (TPSA) is 95.0 Å². The molecule has 0 radical (unpaired) electrons. The summed E-state index contributed by atoms with van der Waals surface area (Å²) in [5.41, 5.74) is 8.05. The molecule has 20 heavy (non-hydrogen) atoms. The number of β-amino-alcohol motifs (C(OH)–C–C–N with tert-alkyl or cyclic N) is 1. The Morgan fingerprint density at radius 2 is 2.20 bits per heavy atom. The standard InChI is InChI=1S/C14H16N4O2/c15-14(17-20)11-7-16-12-4-2-1-3-10(12)13(11)18-6-5-9(19)8-18/h1-4,7,9,19-20H,5-6,8H2,(H2,15,17). The van der Waals surface area contributed by atoms with Crippen LogP contribution < -0.4 is 10.6 Å². The van der Waals surface area contributed by atoms with Gasteiger partial charge in [0.1, 0.15) is 0 Å². The van der Waals surface area contributed by atoms with E-state index >= 15 is 0 Å². The van der Waals surface area contributed by atoms with Crippen molar-refractivity contribution in [3.8, 4) is 0 Å². The van der Waals surface area contributed by atoms with Gasteiger partial charge in [-0.25, -0.2) is 0 Å². The minimum atomic E-state index is -0.345. The highest BCUT2D eigenvalue weighted by atomic mass is 16.4. The molecule has 1 aliphatic heterocycles. The molecule has 0 amide bonds. The maximum absolute atomic E-state index is 9.75. The number of benzene rings is 1. The van der Waals surface area contributed by atoms with Crippen LogP contribution in [0.25, 0.3) is 10.9 Å². The van der Waals surface area contributed by atoms with E-state index in [0.29, 0.717) is 18.5 Å². The molecule has 0 aliphatic carbocycles. The predicted octanol–water partition coefficient (Wildman–Crippen LogP) is 0.900. The van der Waals surface area contributed by atoms with Gasteiger partial charge in [-0.15, -0.1) is 0 Å². The summed E-state index contributed by atoms with van der Waals surface area (Å²) in [5, 5.41) is 22.7. The van der Waals surface area contributed by atoms with Gasteiger partial charge in [-0.2, -0.15) is 0 Å². The molecule has 1 saturated heterocycles. The molecule has 1 aromatic heterocycles. The summed E-state index contributed by atoms with van der Waals surface area (Å²) in [6.07, 6.45) is 1.98. The first-order valence-electron chi connectivity index (χ1n) is 6.49. The molecular weight excluding hydrogens is 256 g/mol. The molecule has 0 bridgehead atoms. The van der Waals surface area contributed by atoms with Crippen LogP contribution >= 0.6 is 0 Å². The average Bonchev–Trinajstić information content (AvgIpc) is 2.91. The Bertz CT molecular complexity index is 671. The number of nitrogens with two attached hydrogens (primary N) is 1. The van der Waals surface area contributed by atoms with Crippen LogP contribution in [-0.2, 0) is 0 Å². The van der Waals surface area contributed by atoms with Crippen LogP contribution in [0.4, 0.5) is 5.69 Å². The fourth-order valence-electron chi connectivity index (χ4n) is 2.65. The number of pyridine rings is 1. The third-order valence-corrected chi connectivity index (χ3v) is 3.61. The van der Waals surface area contributed by atoms with Gasteiger partial charge in [-0.05, 0) is 12.5 Å². The van der Waals surface area contributed by atoms with E-state index in [4.69, 9.17) is 10.9 Å². The second kappa shape index (κ2) is 4.97. The normalized spacial score (nSPS) is 19.8. The largest absolute Gasteiger partial charge is 0.409 e. The van der Waals surface area contributed by atoms with Crippen LogP contribution in [0.3, 0.4) is 0 Å². The lowest BCUT2D eigenvalue weighted by Crippen LogP contribution is -2.26. The Balaban J connectivity index is 2.23. The van der Waals surface area contributed by atoms with E-state index in [1.165, 1.54) is 0 Å². The monoisotopic (exact) mass is 272 g/mol. The number of oxime groups is 1. The molecule has 6 heteroatoms. The fraction of sp³-hybridized carbons (Fsp3) is 0.286. The van der Waals surface area contributed by atoms with Crippen LogP contribution in [0, 0.1) is 0 Å². The number of rotatable bonds is 2. The van der Waals surface area contributed by atoms with Gasteiger partial charge in [0, 0.05) is 24.7 Å². The predicted molar refractivity (Wildman–Crippen MR) is 77.1 cm³/mol. The van der Waals surface area contributed by atoms with E-state index in [0.717, 1.165) is 23.1 Å². The molecule has 0 spiro atoms. The van der Waals surface area contributed by atoms with E-state index in [2.05, 4.69) is 15.0 Å². The minimum Gasteiger partial charge on any atom is -0.409 e. The molecule has 2 heterocycles. The Hall–Kier alpha value is -2.34. The van der Waals surface area contributed by atoms with Gasteiger partial charge in [0.25, 0.3) is 0 Å². The first-order valence-corrected chi connectivity index (χ1v) is 6.49. The number of aromatic nitrogens is 1. The molecule has 1 aliphatic rings. The Kier molecular flexibility index (Phi) is 3.15. The highest BCUT2D eigenvalue weighted by Crippen LogP contribution is 2.31. The zero-order valence-corrected chi connectivity index (χ0v) is 10.9. The first kappa shape index (κ1) is 12.7. The molecule has 1 atom stereocenters. The van der Waals surface area contributed by atoms with E-state index in [1.54, 1.807) is 6.20 Å². The lowest BCUT2D eigenvalue weighted by atomic mass is 10.1. The molecule has 104 valence electrons. The molecule has 6 nitrogen and oxygen atoms in total. The fourth-order valence-corrected chi connectivity index (χ4v) is 2.65. The van der Waals surface area contributed by atoms with E-state index in [9.17, 15) is 5.11 Å². The van der Waals surface area contributed by atoms with Gasteiger partial charge in [0.2, 0.25) is 0 Å². The highest BCUT2D eigenvalue weighted by Gasteiger charge is 2.25. The molecule has 1 aromatic carbocycles. The van der Waals surface area contributed by atoms with Gasteiger partial charge < -0.3 is 20.9 Å². The second-order valence-corrected chi connectivity index (χ2v) is 4.91. The lowest BCUT2D eigenvalue weighted by molar-refractivity contribution is 0.198. The number of amidine groups is 1. The Morgan fingerprint density at radius 1 is 1.40 bits per heavy atom. The maximum atomic E-state index is 9.75. The van der Waals surface area contributed by atoms with Crippen molar-refractivity contribution in [3.05, 3.63) is 36.0 Å². The van der Waals surface area contributed by atoms with Crippen molar-refractivity contribution >= 4 is 22.4 Å². The number of para-hydroxylation sites is 1. The summed E-state index contributed by atoms with van der Waals surface area (Å²) >= 11 is 0. The van der Waals surface area contributed by atoms with Gasteiger partial charge in [0.15, 0.2) is 5.84 Å². The van der Waals surface area contributed by atoms with Crippen molar-refractivity contribution in [2.75, 3.05) is 18.0 Å². The van der Waals surface area contributed by atoms with Gasteiger partial charge in [-0.1, -0.05) is 23.4 Å². The van der Waals surface area contributed by atoms with Crippen LogP contribution in [0.1, 0.15) is 12.0 Å².